The number of ether oxygens (including phenoxy) is 1. The number of halogens is 2. The summed E-state index contributed by atoms with van der Waals surface area (Å²) in [5.74, 6) is 0.0186. The predicted molar refractivity (Wildman–Crippen MR) is 204 cm³/mol. The average molecular weight is 743 g/mol. The Morgan fingerprint density at radius 1 is 0.820 bits per heavy atom. The number of thiophene rings is 1. The van der Waals surface area contributed by atoms with E-state index in [4.69, 9.17) is 27.9 Å². The Balaban J connectivity index is 1.09. The summed E-state index contributed by atoms with van der Waals surface area (Å²) < 4.78 is 36.4. The molecule has 1 saturated heterocycles. The number of amides is 1. The van der Waals surface area contributed by atoms with Gasteiger partial charge in [0.2, 0.25) is 0 Å². The lowest BCUT2D eigenvalue weighted by molar-refractivity contribution is 0.0979. The Morgan fingerprint density at radius 3 is 2.28 bits per heavy atom. The van der Waals surface area contributed by atoms with Crippen LogP contribution in [0.2, 0.25) is 10.0 Å². The summed E-state index contributed by atoms with van der Waals surface area (Å²) in [5, 5.41) is 1.96. The van der Waals surface area contributed by atoms with Gasteiger partial charge in [0.1, 0.15) is 15.7 Å². The zero-order chi connectivity index (χ0) is 34.8. The highest BCUT2D eigenvalue weighted by Gasteiger charge is 2.27. The normalized spacial score (nSPS) is 13.8. The van der Waals surface area contributed by atoms with E-state index < -0.39 is 15.9 Å². The van der Waals surface area contributed by atoms with E-state index in [1.54, 1.807) is 43.3 Å². The van der Waals surface area contributed by atoms with Crippen molar-refractivity contribution in [2.24, 2.45) is 0 Å². The van der Waals surface area contributed by atoms with Crippen molar-refractivity contribution in [3.05, 3.63) is 142 Å². The molecule has 11 heteroatoms. The molecule has 1 aromatic heterocycles. The Bertz CT molecular complexity index is 2290. The highest BCUT2D eigenvalue weighted by molar-refractivity contribution is 7.92. The fourth-order valence-corrected chi connectivity index (χ4v) is 9.23. The summed E-state index contributed by atoms with van der Waals surface area (Å²) in [6.07, 6.45) is 0. The highest BCUT2D eigenvalue weighted by Crippen LogP contribution is 2.36. The van der Waals surface area contributed by atoms with Gasteiger partial charge in [0.25, 0.3) is 15.9 Å². The third-order valence-corrected chi connectivity index (χ3v) is 12.5. The lowest BCUT2D eigenvalue weighted by Crippen LogP contribution is -2.46. The summed E-state index contributed by atoms with van der Waals surface area (Å²) in [7, 11) is -4.19. The molecule has 7 nitrogen and oxygen atoms in total. The van der Waals surface area contributed by atoms with E-state index in [2.05, 4.69) is 50.9 Å². The van der Waals surface area contributed by atoms with Gasteiger partial charge >= 0.3 is 0 Å². The molecule has 0 aliphatic carbocycles. The van der Waals surface area contributed by atoms with Crippen molar-refractivity contribution in [3.63, 3.8) is 0 Å². The second kappa shape index (κ2) is 14.5. The van der Waals surface area contributed by atoms with Crippen LogP contribution < -0.4 is 14.4 Å². The van der Waals surface area contributed by atoms with Gasteiger partial charge < -0.3 is 9.64 Å². The van der Waals surface area contributed by atoms with Crippen LogP contribution >= 0.6 is 34.5 Å². The van der Waals surface area contributed by atoms with Crippen molar-refractivity contribution in [2.45, 2.75) is 17.7 Å². The van der Waals surface area contributed by atoms with Gasteiger partial charge in [-0.25, -0.2) is 13.1 Å². The van der Waals surface area contributed by atoms with Crippen molar-refractivity contribution in [1.82, 2.24) is 9.62 Å². The molecule has 254 valence electrons. The first-order valence-electron chi connectivity index (χ1n) is 16.1. The van der Waals surface area contributed by atoms with Crippen LogP contribution in [-0.2, 0) is 16.6 Å². The monoisotopic (exact) mass is 741 g/mol. The maximum absolute atomic E-state index is 13.7. The maximum Gasteiger partial charge on any atom is 0.274 e. The Morgan fingerprint density at radius 2 is 1.52 bits per heavy atom. The Kier molecular flexibility index (Phi) is 9.86. The first kappa shape index (κ1) is 34.1. The Labute approximate surface area is 305 Å². The number of anilines is 1. The minimum Gasteiger partial charge on any atom is -0.456 e. The summed E-state index contributed by atoms with van der Waals surface area (Å²) in [6, 6.07) is 36.0. The molecule has 1 fully saturated rings. The smallest absolute Gasteiger partial charge is 0.274 e. The first-order chi connectivity index (χ1) is 24.1. The summed E-state index contributed by atoms with van der Waals surface area (Å²) in [6.45, 7) is 5.74. The van der Waals surface area contributed by atoms with E-state index in [9.17, 15) is 13.2 Å². The number of sulfonamides is 1. The number of aryl methyl sites for hydroxylation is 1. The molecule has 1 aliphatic heterocycles. The van der Waals surface area contributed by atoms with Gasteiger partial charge in [0.05, 0.1) is 5.56 Å². The van der Waals surface area contributed by atoms with E-state index in [1.807, 2.05) is 42.5 Å². The quantitative estimate of drug-likeness (QED) is 0.159. The van der Waals surface area contributed by atoms with E-state index in [0.717, 1.165) is 65.4 Å². The molecular weight excluding hydrogens is 709 g/mol. The van der Waals surface area contributed by atoms with Crippen molar-refractivity contribution in [2.75, 3.05) is 31.1 Å². The first-order valence-corrected chi connectivity index (χ1v) is 19.1. The molecule has 2 heterocycles. The second-order valence-corrected chi connectivity index (χ2v) is 15.9. The van der Waals surface area contributed by atoms with Crippen LogP contribution in [-0.4, -0.2) is 45.4 Å². The van der Waals surface area contributed by atoms with Crippen LogP contribution in [0.25, 0.3) is 21.2 Å². The highest BCUT2D eigenvalue weighted by atomic mass is 35.5. The number of carbonyl (C=O) groups is 1. The summed E-state index contributed by atoms with van der Waals surface area (Å²) in [5.41, 5.74) is 5.11. The molecule has 50 heavy (non-hydrogen) atoms. The summed E-state index contributed by atoms with van der Waals surface area (Å²) in [4.78, 5) is 18.3. The Hall–Kier alpha value is -4.38. The van der Waals surface area contributed by atoms with E-state index in [-0.39, 0.29) is 15.5 Å². The number of rotatable bonds is 9. The van der Waals surface area contributed by atoms with Gasteiger partial charge in [-0.2, -0.15) is 0 Å². The number of fused-ring (bicyclic) bond motifs is 1. The lowest BCUT2D eigenvalue weighted by atomic mass is 9.99. The van der Waals surface area contributed by atoms with Crippen LogP contribution in [0, 0.1) is 6.92 Å². The van der Waals surface area contributed by atoms with E-state index in [1.165, 1.54) is 11.1 Å². The number of carbonyl (C=O) groups excluding carboxylic acids is 1. The standard InChI is InChI=1S/C39H33Cl2N3O4S2/c1-26-35-23-30(41)15-18-37(35)49-39(26)50(46,47)42-38(45)34-17-16-31(24-36(34)48-32-8-3-2-4-9-32)44-21-19-43(20-22-44)25-28-7-5-6-10-33(28)27-11-13-29(40)14-12-27/h2-18,23-24H,19-22,25H2,1H3,(H,42,45). The van der Waals surface area contributed by atoms with Crippen molar-refractivity contribution >= 4 is 66.2 Å². The predicted octanol–water partition coefficient (Wildman–Crippen LogP) is 9.42. The van der Waals surface area contributed by atoms with Gasteiger partial charge in [-0.1, -0.05) is 77.8 Å². The number of nitrogens with one attached hydrogen (secondary N) is 1. The minimum atomic E-state index is -4.19. The lowest BCUT2D eigenvalue weighted by Gasteiger charge is -2.36. The molecule has 0 saturated carbocycles. The molecule has 0 bridgehead atoms. The molecule has 5 aromatic carbocycles. The molecule has 0 radical (unpaired) electrons. The molecule has 0 atom stereocenters. The number of nitrogens with zero attached hydrogens (tertiary/aromatic N) is 2. The van der Waals surface area contributed by atoms with Crippen molar-refractivity contribution in [3.8, 4) is 22.6 Å². The number of para-hydroxylation sites is 1. The van der Waals surface area contributed by atoms with Gasteiger partial charge in [0, 0.05) is 59.2 Å². The molecule has 0 spiro atoms. The largest absolute Gasteiger partial charge is 0.456 e. The molecule has 7 rings (SSSR count). The number of piperazine rings is 1. The van der Waals surface area contributed by atoms with Crippen molar-refractivity contribution < 1.29 is 17.9 Å². The second-order valence-electron chi connectivity index (χ2n) is 12.1. The number of hydrogen-bond donors (Lipinski definition) is 1. The van der Waals surface area contributed by atoms with Crippen LogP contribution in [0.1, 0.15) is 21.5 Å². The third-order valence-electron chi connectivity index (χ3n) is 8.81. The molecule has 6 aromatic rings. The topological polar surface area (TPSA) is 79.0 Å². The molecular formula is C39H33Cl2N3O4S2. The zero-order valence-corrected chi connectivity index (χ0v) is 30.2. The fraction of sp³-hybridized carbons (Fsp3) is 0.154. The van der Waals surface area contributed by atoms with Crippen LogP contribution in [0.4, 0.5) is 5.69 Å². The minimum absolute atomic E-state index is 0.0684. The number of hydrogen-bond acceptors (Lipinski definition) is 7. The molecule has 1 N–H and O–H groups in total. The van der Waals surface area contributed by atoms with E-state index in [0.29, 0.717) is 21.4 Å². The third kappa shape index (κ3) is 7.38. The number of benzene rings is 5. The molecule has 1 amide bonds. The zero-order valence-electron chi connectivity index (χ0n) is 27.1. The van der Waals surface area contributed by atoms with Gasteiger partial charge in [-0.05, 0) is 89.2 Å². The van der Waals surface area contributed by atoms with Crippen LogP contribution in [0.15, 0.2) is 119 Å². The SMILES string of the molecule is Cc1c(S(=O)(=O)NC(=O)c2ccc(N3CCN(Cc4ccccc4-c4ccc(Cl)cc4)CC3)cc2Oc2ccccc2)sc2ccc(Cl)cc12. The van der Waals surface area contributed by atoms with Gasteiger partial charge in [-0.15, -0.1) is 11.3 Å². The van der Waals surface area contributed by atoms with E-state index >= 15 is 0 Å². The van der Waals surface area contributed by atoms with Crippen LogP contribution in [0.3, 0.4) is 0 Å². The van der Waals surface area contributed by atoms with Gasteiger partial charge in [0.15, 0.2) is 0 Å². The van der Waals surface area contributed by atoms with Gasteiger partial charge in [-0.3, -0.25) is 9.69 Å². The maximum atomic E-state index is 13.7. The molecule has 0 unspecified atom stereocenters. The average Bonchev–Trinajstić information content (AvgIpc) is 3.45. The van der Waals surface area contributed by atoms with Crippen molar-refractivity contribution in [1.29, 1.82) is 0 Å². The van der Waals surface area contributed by atoms with Crippen LogP contribution in [0.5, 0.6) is 11.5 Å². The molecule has 1 aliphatic rings. The summed E-state index contributed by atoms with van der Waals surface area (Å²) >= 11 is 13.4. The fourth-order valence-electron chi connectivity index (χ4n) is 6.22.